The Morgan fingerprint density at radius 1 is 0.600 bits per heavy atom. The van der Waals surface area contributed by atoms with Gasteiger partial charge < -0.3 is 0 Å². The van der Waals surface area contributed by atoms with Crippen molar-refractivity contribution in [2.24, 2.45) is 9.98 Å². The summed E-state index contributed by atoms with van der Waals surface area (Å²) in [6.07, 6.45) is 21.2. The highest BCUT2D eigenvalue weighted by Gasteiger charge is 2.11. The number of hydrogen-bond donors (Lipinski definition) is 0. The molecule has 0 unspecified atom stereocenters. The summed E-state index contributed by atoms with van der Waals surface area (Å²) in [7, 11) is 0. The topological polar surface area (TPSA) is 24.7 Å². The van der Waals surface area contributed by atoms with Crippen molar-refractivity contribution >= 4 is 22.8 Å². The molecule has 0 aliphatic carbocycles. The molecule has 2 heteroatoms. The zero-order chi connectivity index (χ0) is 25.0. The monoisotopic (exact) mass is 472 g/mol. The van der Waals surface area contributed by atoms with Gasteiger partial charge in [-0.15, -0.1) is 0 Å². The van der Waals surface area contributed by atoms with E-state index < -0.39 is 0 Å². The molecule has 0 N–H and O–H groups in total. The Labute approximate surface area is 215 Å². The lowest BCUT2D eigenvalue weighted by molar-refractivity contribution is 0.726. The third-order valence-electron chi connectivity index (χ3n) is 6.34. The maximum absolute atomic E-state index is 5.29. The zero-order valence-electron chi connectivity index (χ0n) is 22.6. The van der Waals surface area contributed by atoms with Crippen molar-refractivity contribution in [2.75, 3.05) is 0 Å². The Balaban J connectivity index is 2.21. The number of nitrogens with zero attached hydrogens (tertiary/aromatic N) is 2. The third kappa shape index (κ3) is 12.2. The lowest BCUT2D eigenvalue weighted by Crippen LogP contribution is -2.14. The van der Waals surface area contributed by atoms with Crippen LogP contribution in [0.25, 0.3) is 0 Å². The highest BCUT2D eigenvalue weighted by atomic mass is 14.8. The van der Waals surface area contributed by atoms with E-state index in [-0.39, 0.29) is 0 Å². The molecule has 0 heterocycles. The van der Waals surface area contributed by atoms with E-state index in [0.29, 0.717) is 0 Å². The molecule has 2 nitrogen and oxygen atoms in total. The van der Waals surface area contributed by atoms with Gasteiger partial charge in [0.15, 0.2) is 0 Å². The molecule has 0 fully saturated rings. The van der Waals surface area contributed by atoms with Crippen LogP contribution < -0.4 is 0 Å². The molecular weight excluding hydrogens is 424 g/mol. The van der Waals surface area contributed by atoms with Crippen LogP contribution in [0.5, 0.6) is 0 Å². The average molecular weight is 473 g/mol. The van der Waals surface area contributed by atoms with Crippen LogP contribution in [-0.2, 0) is 6.42 Å². The van der Waals surface area contributed by atoms with E-state index in [1.165, 1.54) is 74.8 Å². The predicted molar refractivity (Wildman–Crippen MR) is 157 cm³/mol. The minimum Gasteiger partial charge on any atom is -0.252 e. The standard InChI is InChI=1S/C33H48N2/c1-4-7-10-11-12-13-14-17-22-29-23-20-21-27-31(29)35-33(26-9-6-3)32(28-16-8-5-2)34-30-24-18-15-19-25-30/h12-13,15,18-21,23-25,27H,4-11,14,16-17,22,26,28H2,1-3H3. The molecule has 2 aromatic carbocycles. The van der Waals surface area contributed by atoms with Crippen LogP contribution in [0.15, 0.2) is 76.7 Å². The first-order chi connectivity index (χ1) is 17.3. The van der Waals surface area contributed by atoms with Crippen molar-refractivity contribution in [3.63, 3.8) is 0 Å². The Morgan fingerprint density at radius 2 is 1.20 bits per heavy atom. The molecule has 190 valence electrons. The van der Waals surface area contributed by atoms with Gasteiger partial charge in [0.1, 0.15) is 0 Å². The smallest absolute Gasteiger partial charge is 0.0665 e. The summed E-state index contributed by atoms with van der Waals surface area (Å²) >= 11 is 0. The van der Waals surface area contributed by atoms with Crippen molar-refractivity contribution < 1.29 is 0 Å². The molecule has 0 atom stereocenters. The Bertz CT molecular complexity index is 892. The number of hydrogen-bond acceptors (Lipinski definition) is 2. The maximum atomic E-state index is 5.29. The molecule has 0 saturated heterocycles. The molecule has 0 aliphatic heterocycles. The molecule has 2 aromatic rings. The van der Waals surface area contributed by atoms with Crippen molar-refractivity contribution in [3.8, 4) is 0 Å². The number of rotatable bonds is 18. The number of unbranched alkanes of at least 4 members (excludes halogenated alkanes) is 7. The SMILES string of the molecule is CCCCCC=CCCCc1ccccc1N=C(CCCC)C(CCCCC)=Nc1ccccc1. The number of allylic oxidation sites excluding steroid dienone is 2. The van der Waals surface area contributed by atoms with Gasteiger partial charge in [-0.2, -0.15) is 0 Å². The molecule has 0 saturated carbocycles. The van der Waals surface area contributed by atoms with Crippen molar-refractivity contribution in [2.45, 2.75) is 111 Å². The van der Waals surface area contributed by atoms with Crippen molar-refractivity contribution in [1.82, 2.24) is 0 Å². The summed E-state index contributed by atoms with van der Waals surface area (Å²) in [6.45, 7) is 6.78. The largest absolute Gasteiger partial charge is 0.252 e. The van der Waals surface area contributed by atoms with E-state index in [4.69, 9.17) is 9.98 Å². The van der Waals surface area contributed by atoms with Crippen molar-refractivity contribution in [1.29, 1.82) is 0 Å². The number of para-hydroxylation sites is 2. The van der Waals surface area contributed by atoms with Gasteiger partial charge in [0.05, 0.1) is 22.8 Å². The number of aryl methyl sites for hydroxylation is 1. The fraction of sp³-hybridized carbons (Fsp3) is 0.515. The van der Waals surface area contributed by atoms with E-state index in [9.17, 15) is 0 Å². The molecule has 35 heavy (non-hydrogen) atoms. The van der Waals surface area contributed by atoms with Crippen molar-refractivity contribution in [3.05, 3.63) is 72.3 Å². The molecule has 0 aliphatic rings. The van der Waals surface area contributed by atoms with Crippen LogP contribution >= 0.6 is 0 Å². The molecule has 0 amide bonds. The molecule has 0 bridgehead atoms. The van der Waals surface area contributed by atoms with E-state index in [1.807, 2.05) is 0 Å². The lowest BCUT2D eigenvalue weighted by atomic mass is 10.0. The van der Waals surface area contributed by atoms with Gasteiger partial charge in [0, 0.05) is 0 Å². The zero-order valence-corrected chi connectivity index (χ0v) is 22.6. The second-order valence-electron chi connectivity index (χ2n) is 9.50. The molecule has 2 rings (SSSR count). The molecule has 0 aromatic heterocycles. The van der Waals surface area contributed by atoms with Crippen LogP contribution in [0.4, 0.5) is 11.4 Å². The molecular formula is C33H48N2. The lowest BCUT2D eigenvalue weighted by Gasteiger charge is -2.13. The fourth-order valence-electron chi connectivity index (χ4n) is 4.21. The van der Waals surface area contributed by atoms with Gasteiger partial charge in [-0.1, -0.05) is 101 Å². The quantitative estimate of drug-likeness (QED) is 0.117. The summed E-state index contributed by atoms with van der Waals surface area (Å²) in [6, 6.07) is 19.1. The van der Waals surface area contributed by atoms with E-state index in [2.05, 4.69) is 87.5 Å². The van der Waals surface area contributed by atoms with Crippen LogP contribution in [0.3, 0.4) is 0 Å². The minimum absolute atomic E-state index is 0.989. The molecule has 0 radical (unpaired) electrons. The highest BCUT2D eigenvalue weighted by molar-refractivity contribution is 6.43. The van der Waals surface area contributed by atoms with Gasteiger partial charge in [-0.05, 0) is 81.5 Å². The fourth-order valence-corrected chi connectivity index (χ4v) is 4.21. The summed E-state index contributed by atoms with van der Waals surface area (Å²) < 4.78 is 0. The van der Waals surface area contributed by atoms with Crippen LogP contribution in [0.1, 0.15) is 110 Å². The average Bonchev–Trinajstić information content (AvgIpc) is 2.89. The van der Waals surface area contributed by atoms with Gasteiger partial charge in [-0.3, -0.25) is 9.98 Å². The highest BCUT2D eigenvalue weighted by Crippen LogP contribution is 2.24. The van der Waals surface area contributed by atoms with Gasteiger partial charge in [-0.25, -0.2) is 0 Å². The second kappa shape index (κ2) is 18.8. The van der Waals surface area contributed by atoms with Gasteiger partial charge >= 0.3 is 0 Å². The first kappa shape index (κ1) is 28.8. The minimum atomic E-state index is 0.989. The molecule has 0 spiro atoms. The Morgan fingerprint density at radius 3 is 1.94 bits per heavy atom. The van der Waals surface area contributed by atoms with Crippen LogP contribution in [-0.4, -0.2) is 11.4 Å². The second-order valence-corrected chi connectivity index (χ2v) is 9.50. The van der Waals surface area contributed by atoms with Gasteiger partial charge in [0.2, 0.25) is 0 Å². The first-order valence-corrected chi connectivity index (χ1v) is 14.2. The normalized spacial score (nSPS) is 12.5. The van der Waals surface area contributed by atoms with E-state index in [1.54, 1.807) is 0 Å². The summed E-state index contributed by atoms with van der Waals surface area (Å²) in [5.41, 5.74) is 5.86. The Hall–Kier alpha value is -2.48. The van der Waals surface area contributed by atoms with E-state index >= 15 is 0 Å². The maximum Gasteiger partial charge on any atom is 0.0665 e. The summed E-state index contributed by atoms with van der Waals surface area (Å²) in [4.78, 5) is 10.4. The first-order valence-electron chi connectivity index (χ1n) is 14.2. The predicted octanol–water partition coefficient (Wildman–Crippen LogP) is 10.8. The summed E-state index contributed by atoms with van der Waals surface area (Å²) in [5, 5.41) is 0. The Kier molecular flexibility index (Phi) is 15.4. The summed E-state index contributed by atoms with van der Waals surface area (Å²) in [5.74, 6) is 0. The number of aliphatic imine (C=N–C) groups is 2. The van der Waals surface area contributed by atoms with Gasteiger partial charge in [0.25, 0.3) is 0 Å². The third-order valence-corrected chi connectivity index (χ3v) is 6.34. The van der Waals surface area contributed by atoms with Crippen LogP contribution in [0, 0.1) is 0 Å². The number of benzene rings is 2. The van der Waals surface area contributed by atoms with Crippen LogP contribution in [0.2, 0.25) is 0 Å². The van der Waals surface area contributed by atoms with E-state index in [0.717, 1.165) is 43.5 Å².